The number of alkyl halides is 3. The van der Waals surface area contributed by atoms with Gasteiger partial charge in [-0.1, -0.05) is 31.9 Å². The smallest absolute Gasteiger partial charge is 0.406 e. The average molecular weight is 410 g/mol. The highest BCUT2D eigenvalue weighted by Crippen LogP contribution is 2.22. The van der Waals surface area contributed by atoms with Gasteiger partial charge in [0.25, 0.3) is 5.91 Å². The van der Waals surface area contributed by atoms with Gasteiger partial charge in [-0.2, -0.15) is 0 Å². The predicted octanol–water partition coefficient (Wildman–Crippen LogP) is 5.44. The Morgan fingerprint density at radius 1 is 1.04 bits per heavy atom. The molecule has 2 N–H and O–H groups in total. The topological polar surface area (TPSA) is 50.4 Å². The lowest BCUT2D eigenvalue weighted by molar-refractivity contribution is -0.274. The monoisotopic (exact) mass is 410 g/mol. The summed E-state index contributed by atoms with van der Waals surface area (Å²) in [6.07, 6.45) is -0.250. The molecular weight excluding hydrogens is 389 g/mol. The summed E-state index contributed by atoms with van der Waals surface area (Å²) in [5, 5.41) is 5.49. The number of thiocarbonyl (C=S) groups is 1. The fraction of sp³-hybridized carbons (Fsp3) is 0.300. The molecule has 0 unspecified atom stereocenters. The molecule has 0 aliphatic carbocycles. The van der Waals surface area contributed by atoms with Crippen molar-refractivity contribution in [2.45, 2.75) is 39.0 Å². The molecule has 0 atom stereocenters. The number of carbonyl (C=O) groups excluding carboxylic acids is 1. The molecule has 28 heavy (non-hydrogen) atoms. The van der Waals surface area contributed by atoms with Crippen LogP contribution in [0.1, 0.15) is 42.1 Å². The number of benzene rings is 2. The fourth-order valence-electron chi connectivity index (χ4n) is 2.48. The van der Waals surface area contributed by atoms with Crippen molar-refractivity contribution in [1.29, 1.82) is 0 Å². The summed E-state index contributed by atoms with van der Waals surface area (Å²) < 4.78 is 40.2. The number of hydrogen-bond donors (Lipinski definition) is 2. The second-order valence-electron chi connectivity index (χ2n) is 6.13. The Hall–Kier alpha value is -2.61. The summed E-state index contributed by atoms with van der Waals surface area (Å²) >= 11 is 5.11. The molecular formula is C20H21F3N2O2S. The highest BCUT2D eigenvalue weighted by molar-refractivity contribution is 7.80. The largest absolute Gasteiger partial charge is 0.573 e. The van der Waals surface area contributed by atoms with E-state index in [4.69, 9.17) is 12.2 Å². The number of hydrogen-bond acceptors (Lipinski definition) is 3. The maximum absolute atomic E-state index is 12.2. The number of aryl methyl sites for hydroxylation is 1. The lowest BCUT2D eigenvalue weighted by Crippen LogP contribution is -2.34. The lowest BCUT2D eigenvalue weighted by atomic mass is 10.1. The molecule has 8 heteroatoms. The van der Waals surface area contributed by atoms with E-state index in [0.29, 0.717) is 0 Å². The van der Waals surface area contributed by atoms with E-state index in [0.717, 1.165) is 30.7 Å². The molecule has 0 aliphatic rings. The fourth-order valence-corrected chi connectivity index (χ4v) is 2.69. The van der Waals surface area contributed by atoms with Crippen LogP contribution in [0, 0.1) is 0 Å². The van der Waals surface area contributed by atoms with Crippen molar-refractivity contribution in [3.05, 3.63) is 59.7 Å². The summed E-state index contributed by atoms with van der Waals surface area (Å²) in [5.41, 5.74) is 2.12. The number of halogens is 3. The van der Waals surface area contributed by atoms with Crippen LogP contribution in [0.2, 0.25) is 0 Å². The zero-order valence-electron chi connectivity index (χ0n) is 15.3. The van der Waals surface area contributed by atoms with E-state index < -0.39 is 18.0 Å². The van der Waals surface area contributed by atoms with Gasteiger partial charge >= 0.3 is 6.36 Å². The van der Waals surface area contributed by atoms with Crippen LogP contribution >= 0.6 is 12.2 Å². The summed E-state index contributed by atoms with van der Waals surface area (Å²) in [5.74, 6) is -0.934. The molecule has 0 bridgehead atoms. The van der Waals surface area contributed by atoms with Gasteiger partial charge in [0, 0.05) is 11.3 Å². The first-order valence-corrected chi connectivity index (χ1v) is 9.25. The van der Waals surface area contributed by atoms with Gasteiger partial charge in [0.05, 0.1) is 0 Å². The normalized spacial score (nSPS) is 11.0. The maximum atomic E-state index is 12.2. The summed E-state index contributed by atoms with van der Waals surface area (Å²) in [6, 6.07) is 12.3. The Morgan fingerprint density at radius 3 is 2.25 bits per heavy atom. The summed E-state index contributed by atoms with van der Waals surface area (Å²) in [4.78, 5) is 12.1. The molecule has 0 saturated heterocycles. The van der Waals surface area contributed by atoms with Crippen LogP contribution < -0.4 is 15.4 Å². The molecule has 2 aromatic rings. The highest BCUT2D eigenvalue weighted by Gasteiger charge is 2.31. The standard InChI is InChI=1S/C20H21F3N2O2S/c1-2-3-4-5-14-6-10-16(11-7-14)24-19(28)25-18(26)15-8-12-17(13-9-15)27-20(21,22)23/h6-13H,2-5H2,1H3,(H2,24,25,26,28). The van der Waals surface area contributed by atoms with Crippen LogP contribution in [0.15, 0.2) is 48.5 Å². The van der Waals surface area contributed by atoms with Crippen molar-refractivity contribution in [1.82, 2.24) is 5.32 Å². The molecule has 1 amide bonds. The molecule has 0 spiro atoms. The number of rotatable bonds is 7. The minimum Gasteiger partial charge on any atom is -0.406 e. The van der Waals surface area contributed by atoms with Crippen LogP contribution in [0.5, 0.6) is 5.75 Å². The van der Waals surface area contributed by atoms with E-state index in [1.807, 2.05) is 24.3 Å². The third-order valence-electron chi connectivity index (χ3n) is 3.86. The van der Waals surface area contributed by atoms with E-state index in [2.05, 4.69) is 22.3 Å². The number of unbranched alkanes of at least 4 members (excludes halogenated alkanes) is 2. The van der Waals surface area contributed by atoms with Crippen LogP contribution in [0.25, 0.3) is 0 Å². The van der Waals surface area contributed by atoms with E-state index in [9.17, 15) is 18.0 Å². The Morgan fingerprint density at radius 2 is 1.68 bits per heavy atom. The van der Waals surface area contributed by atoms with Crippen LogP contribution in [-0.2, 0) is 6.42 Å². The van der Waals surface area contributed by atoms with E-state index >= 15 is 0 Å². The van der Waals surface area contributed by atoms with Crippen LogP contribution in [-0.4, -0.2) is 17.4 Å². The van der Waals surface area contributed by atoms with Gasteiger partial charge in [0.1, 0.15) is 5.75 Å². The first-order chi connectivity index (χ1) is 13.3. The molecule has 0 heterocycles. The van der Waals surface area contributed by atoms with Gasteiger partial charge in [0.15, 0.2) is 5.11 Å². The third-order valence-corrected chi connectivity index (χ3v) is 4.06. The second kappa shape index (κ2) is 10.1. The number of nitrogens with one attached hydrogen (secondary N) is 2. The quantitative estimate of drug-likeness (QED) is 0.471. The van der Waals surface area contributed by atoms with Gasteiger partial charge in [-0.3, -0.25) is 10.1 Å². The molecule has 0 aromatic heterocycles. The number of ether oxygens (including phenoxy) is 1. The van der Waals surface area contributed by atoms with Gasteiger partial charge in [-0.25, -0.2) is 0 Å². The molecule has 0 fully saturated rings. The number of anilines is 1. The number of carbonyl (C=O) groups is 1. The molecule has 150 valence electrons. The molecule has 0 saturated carbocycles. The van der Waals surface area contributed by atoms with E-state index in [1.165, 1.54) is 30.5 Å². The Kier molecular flexibility index (Phi) is 7.80. The number of amides is 1. The minimum absolute atomic E-state index is 0.0966. The van der Waals surface area contributed by atoms with Crippen molar-refractivity contribution in [3.8, 4) is 5.75 Å². The maximum Gasteiger partial charge on any atom is 0.573 e. The summed E-state index contributed by atoms with van der Waals surface area (Å²) in [6.45, 7) is 2.16. The van der Waals surface area contributed by atoms with Gasteiger partial charge in [-0.05, 0) is 67.0 Å². The zero-order chi connectivity index (χ0) is 20.6. The lowest BCUT2D eigenvalue weighted by Gasteiger charge is -2.11. The van der Waals surface area contributed by atoms with Crippen molar-refractivity contribution >= 4 is 28.9 Å². The second-order valence-corrected chi connectivity index (χ2v) is 6.54. The molecule has 0 radical (unpaired) electrons. The third kappa shape index (κ3) is 7.56. The van der Waals surface area contributed by atoms with Crippen LogP contribution in [0.4, 0.5) is 18.9 Å². The first kappa shape index (κ1) is 21.7. The Labute approximate surface area is 167 Å². The van der Waals surface area contributed by atoms with Crippen molar-refractivity contribution in [3.63, 3.8) is 0 Å². The van der Waals surface area contributed by atoms with Gasteiger partial charge in [0.2, 0.25) is 0 Å². The predicted molar refractivity (Wildman–Crippen MR) is 106 cm³/mol. The van der Waals surface area contributed by atoms with E-state index in [-0.39, 0.29) is 10.7 Å². The zero-order valence-corrected chi connectivity index (χ0v) is 16.1. The average Bonchev–Trinajstić information content (AvgIpc) is 2.62. The van der Waals surface area contributed by atoms with Gasteiger partial charge < -0.3 is 10.1 Å². The molecule has 2 rings (SSSR count). The molecule has 0 aliphatic heterocycles. The van der Waals surface area contributed by atoms with Crippen molar-refractivity contribution in [2.75, 3.05) is 5.32 Å². The SMILES string of the molecule is CCCCCc1ccc(NC(=S)NC(=O)c2ccc(OC(F)(F)F)cc2)cc1. The minimum atomic E-state index is -4.78. The van der Waals surface area contributed by atoms with Crippen molar-refractivity contribution < 1.29 is 22.7 Å². The van der Waals surface area contributed by atoms with Crippen molar-refractivity contribution in [2.24, 2.45) is 0 Å². The van der Waals surface area contributed by atoms with Gasteiger partial charge in [-0.15, -0.1) is 13.2 Å². The Balaban J connectivity index is 1.86. The molecule has 2 aromatic carbocycles. The first-order valence-electron chi connectivity index (χ1n) is 8.84. The Bertz CT molecular complexity index is 791. The summed E-state index contributed by atoms with van der Waals surface area (Å²) in [7, 11) is 0. The highest BCUT2D eigenvalue weighted by atomic mass is 32.1. The van der Waals surface area contributed by atoms with E-state index in [1.54, 1.807) is 0 Å². The van der Waals surface area contributed by atoms with Crippen LogP contribution in [0.3, 0.4) is 0 Å². The molecule has 4 nitrogen and oxygen atoms in total.